The molecule has 0 spiro atoms. The standard InChI is InChI=1S/C15H13N3O5S/c1-10-8-11(18(19)20)6-7-13(10)17-24(21,22)9-14-12-4-2-3-5-15(12)23-16-14/h2-8,17H,9H2,1H3. The molecule has 0 radical (unpaired) electrons. The summed E-state index contributed by atoms with van der Waals surface area (Å²) in [5, 5.41) is 15.2. The summed E-state index contributed by atoms with van der Waals surface area (Å²) in [4.78, 5) is 10.2. The first-order valence-electron chi connectivity index (χ1n) is 6.94. The lowest BCUT2D eigenvalue weighted by Crippen LogP contribution is -2.16. The van der Waals surface area contributed by atoms with Crippen molar-refractivity contribution in [3.8, 4) is 0 Å². The van der Waals surface area contributed by atoms with Crippen molar-refractivity contribution in [3.63, 3.8) is 0 Å². The van der Waals surface area contributed by atoms with Crippen LogP contribution in [0.15, 0.2) is 47.0 Å². The summed E-state index contributed by atoms with van der Waals surface area (Å²) in [6, 6.07) is 10.9. The molecule has 24 heavy (non-hydrogen) atoms. The minimum Gasteiger partial charge on any atom is -0.356 e. The molecular formula is C15H13N3O5S. The molecule has 0 bridgehead atoms. The molecule has 1 aromatic heterocycles. The van der Waals surface area contributed by atoms with Gasteiger partial charge in [-0.3, -0.25) is 14.8 Å². The molecule has 0 atom stereocenters. The van der Waals surface area contributed by atoms with Gasteiger partial charge in [0.2, 0.25) is 10.0 Å². The van der Waals surface area contributed by atoms with E-state index >= 15 is 0 Å². The molecule has 124 valence electrons. The fraction of sp³-hybridized carbons (Fsp3) is 0.133. The molecule has 0 fully saturated rings. The summed E-state index contributed by atoms with van der Waals surface area (Å²) in [6.07, 6.45) is 0. The number of nitro groups is 1. The van der Waals surface area contributed by atoms with Crippen LogP contribution in [0.4, 0.5) is 11.4 Å². The van der Waals surface area contributed by atoms with Gasteiger partial charge in [0.25, 0.3) is 5.69 Å². The number of nitrogens with one attached hydrogen (secondary N) is 1. The van der Waals surface area contributed by atoms with Crippen LogP contribution in [-0.4, -0.2) is 18.5 Å². The third-order valence-corrected chi connectivity index (χ3v) is 4.65. The number of aromatic nitrogens is 1. The van der Waals surface area contributed by atoms with Crippen LogP contribution < -0.4 is 4.72 Å². The van der Waals surface area contributed by atoms with E-state index in [9.17, 15) is 18.5 Å². The molecule has 0 aliphatic heterocycles. The van der Waals surface area contributed by atoms with Crippen molar-refractivity contribution in [3.05, 3.63) is 63.8 Å². The molecule has 0 amide bonds. The maximum Gasteiger partial charge on any atom is 0.269 e. The Hall–Kier alpha value is -2.94. The quantitative estimate of drug-likeness (QED) is 0.560. The van der Waals surface area contributed by atoms with Crippen LogP contribution in [0.25, 0.3) is 11.0 Å². The molecule has 1 heterocycles. The third kappa shape index (κ3) is 3.20. The number of benzene rings is 2. The van der Waals surface area contributed by atoms with Gasteiger partial charge in [0.1, 0.15) is 11.4 Å². The van der Waals surface area contributed by atoms with Gasteiger partial charge in [0, 0.05) is 17.5 Å². The predicted octanol–water partition coefficient (Wildman–Crippen LogP) is 2.99. The van der Waals surface area contributed by atoms with E-state index in [-0.39, 0.29) is 17.1 Å². The van der Waals surface area contributed by atoms with Crippen molar-refractivity contribution in [2.45, 2.75) is 12.7 Å². The van der Waals surface area contributed by atoms with Crippen molar-refractivity contribution in [2.24, 2.45) is 0 Å². The van der Waals surface area contributed by atoms with E-state index in [1.165, 1.54) is 18.2 Å². The molecule has 1 N–H and O–H groups in total. The van der Waals surface area contributed by atoms with Gasteiger partial charge in [-0.2, -0.15) is 0 Å². The molecule has 0 saturated carbocycles. The monoisotopic (exact) mass is 347 g/mol. The summed E-state index contributed by atoms with van der Waals surface area (Å²) in [5.74, 6) is -0.361. The molecule has 0 aliphatic rings. The van der Waals surface area contributed by atoms with Gasteiger partial charge in [0.05, 0.1) is 10.6 Å². The average Bonchev–Trinajstić information content (AvgIpc) is 2.91. The highest BCUT2D eigenvalue weighted by molar-refractivity contribution is 7.91. The van der Waals surface area contributed by atoms with Gasteiger partial charge < -0.3 is 4.52 Å². The van der Waals surface area contributed by atoms with Crippen LogP contribution >= 0.6 is 0 Å². The second-order valence-corrected chi connectivity index (χ2v) is 6.97. The number of rotatable bonds is 5. The zero-order chi connectivity index (χ0) is 17.3. The van der Waals surface area contributed by atoms with Crippen LogP contribution in [0.2, 0.25) is 0 Å². The minimum absolute atomic E-state index is 0.0991. The van der Waals surface area contributed by atoms with Crippen molar-refractivity contribution < 1.29 is 17.9 Å². The molecule has 9 heteroatoms. The van der Waals surface area contributed by atoms with Gasteiger partial charge in [-0.05, 0) is 30.7 Å². The second kappa shape index (κ2) is 5.93. The number of nitro benzene ring substituents is 1. The summed E-state index contributed by atoms with van der Waals surface area (Å²) >= 11 is 0. The van der Waals surface area contributed by atoms with Crippen LogP contribution in [-0.2, 0) is 15.8 Å². The van der Waals surface area contributed by atoms with E-state index in [4.69, 9.17) is 4.52 Å². The highest BCUT2D eigenvalue weighted by Gasteiger charge is 2.19. The molecular weight excluding hydrogens is 334 g/mol. The number of non-ortho nitro benzene ring substituents is 1. The summed E-state index contributed by atoms with van der Waals surface area (Å²) in [5.41, 5.74) is 1.45. The lowest BCUT2D eigenvalue weighted by molar-refractivity contribution is -0.384. The van der Waals surface area contributed by atoms with Gasteiger partial charge in [-0.1, -0.05) is 17.3 Å². The van der Waals surface area contributed by atoms with Crippen molar-refractivity contribution in [1.82, 2.24) is 5.16 Å². The highest BCUT2D eigenvalue weighted by atomic mass is 32.2. The Kier molecular flexibility index (Phi) is 3.94. The first kappa shape index (κ1) is 15.9. The van der Waals surface area contributed by atoms with E-state index < -0.39 is 14.9 Å². The Labute approximate surface area is 137 Å². The molecule has 3 aromatic rings. The first-order chi connectivity index (χ1) is 11.4. The van der Waals surface area contributed by atoms with Crippen LogP contribution in [0.3, 0.4) is 0 Å². The Bertz CT molecular complexity index is 1030. The van der Waals surface area contributed by atoms with Gasteiger partial charge in [-0.15, -0.1) is 0 Å². The fourth-order valence-electron chi connectivity index (χ4n) is 2.30. The van der Waals surface area contributed by atoms with Gasteiger partial charge >= 0.3 is 0 Å². The third-order valence-electron chi connectivity index (χ3n) is 3.47. The Morgan fingerprint density at radius 2 is 2.00 bits per heavy atom. The SMILES string of the molecule is Cc1cc([N+](=O)[O-])ccc1NS(=O)(=O)Cc1noc2ccccc12. The molecule has 2 aromatic carbocycles. The van der Waals surface area contributed by atoms with Crippen molar-refractivity contribution >= 4 is 32.4 Å². The second-order valence-electron chi connectivity index (χ2n) is 5.24. The normalized spacial score (nSPS) is 11.5. The number of hydrogen-bond acceptors (Lipinski definition) is 6. The van der Waals surface area contributed by atoms with Crippen LogP contribution in [0.5, 0.6) is 0 Å². The van der Waals surface area contributed by atoms with Crippen LogP contribution in [0, 0.1) is 17.0 Å². The topological polar surface area (TPSA) is 115 Å². The van der Waals surface area contributed by atoms with E-state index in [0.717, 1.165) is 0 Å². The number of fused-ring (bicyclic) bond motifs is 1. The lowest BCUT2D eigenvalue weighted by Gasteiger charge is -2.09. The smallest absolute Gasteiger partial charge is 0.269 e. The summed E-state index contributed by atoms with van der Waals surface area (Å²) in [6.45, 7) is 1.59. The predicted molar refractivity (Wildman–Crippen MR) is 88.1 cm³/mol. The van der Waals surface area contributed by atoms with Crippen LogP contribution in [0.1, 0.15) is 11.3 Å². The van der Waals surface area contributed by atoms with Gasteiger partial charge in [0.15, 0.2) is 5.58 Å². The summed E-state index contributed by atoms with van der Waals surface area (Å²) in [7, 11) is -3.75. The highest BCUT2D eigenvalue weighted by Crippen LogP contribution is 2.24. The average molecular weight is 347 g/mol. The molecule has 0 unspecified atom stereocenters. The Balaban J connectivity index is 1.85. The fourth-order valence-corrected chi connectivity index (χ4v) is 3.51. The first-order valence-corrected chi connectivity index (χ1v) is 8.60. The van der Waals surface area contributed by atoms with Crippen molar-refractivity contribution in [1.29, 1.82) is 0 Å². The number of anilines is 1. The number of para-hydroxylation sites is 1. The van der Waals surface area contributed by atoms with E-state index in [0.29, 0.717) is 22.2 Å². The maximum absolute atomic E-state index is 12.4. The summed E-state index contributed by atoms with van der Waals surface area (Å²) < 4.78 is 32.2. The number of sulfonamides is 1. The number of nitrogens with zero attached hydrogens (tertiary/aromatic N) is 2. The largest absolute Gasteiger partial charge is 0.356 e. The minimum atomic E-state index is -3.75. The van der Waals surface area contributed by atoms with Gasteiger partial charge in [-0.25, -0.2) is 8.42 Å². The number of aryl methyl sites for hydroxylation is 1. The Morgan fingerprint density at radius 3 is 2.71 bits per heavy atom. The molecule has 8 nitrogen and oxygen atoms in total. The lowest BCUT2D eigenvalue weighted by atomic mass is 10.2. The number of hydrogen-bond donors (Lipinski definition) is 1. The molecule has 0 aliphatic carbocycles. The van der Waals surface area contributed by atoms with E-state index in [2.05, 4.69) is 9.88 Å². The molecule has 3 rings (SSSR count). The Morgan fingerprint density at radius 1 is 1.25 bits per heavy atom. The molecule has 0 saturated heterocycles. The zero-order valence-corrected chi connectivity index (χ0v) is 13.4. The van der Waals surface area contributed by atoms with Crippen molar-refractivity contribution in [2.75, 3.05) is 4.72 Å². The van der Waals surface area contributed by atoms with E-state index in [1.807, 2.05) is 0 Å². The van der Waals surface area contributed by atoms with E-state index in [1.54, 1.807) is 31.2 Å². The maximum atomic E-state index is 12.4. The zero-order valence-electron chi connectivity index (χ0n) is 12.6.